The standard InChI is InChI=1S/C10H21NO/c1-3-4-7-11(8-9(2)12)10-5-6-10/h9-10,12H,3-8H2,1-2H3/t9-/m0/s1. The zero-order valence-corrected chi connectivity index (χ0v) is 8.29. The second-order valence-corrected chi connectivity index (χ2v) is 3.93. The van der Waals surface area contributed by atoms with Gasteiger partial charge in [0.2, 0.25) is 0 Å². The van der Waals surface area contributed by atoms with Crippen LogP contribution in [0.5, 0.6) is 0 Å². The van der Waals surface area contributed by atoms with Crippen molar-refractivity contribution in [1.29, 1.82) is 0 Å². The molecule has 1 aliphatic carbocycles. The smallest absolute Gasteiger partial charge is 0.0639 e. The zero-order valence-electron chi connectivity index (χ0n) is 8.29. The van der Waals surface area contributed by atoms with Gasteiger partial charge in [-0.2, -0.15) is 0 Å². The Bertz CT molecular complexity index is 121. The van der Waals surface area contributed by atoms with Crippen LogP contribution in [0, 0.1) is 0 Å². The summed E-state index contributed by atoms with van der Waals surface area (Å²) in [5, 5.41) is 9.26. The van der Waals surface area contributed by atoms with Crippen molar-refractivity contribution >= 4 is 0 Å². The van der Waals surface area contributed by atoms with Crippen LogP contribution >= 0.6 is 0 Å². The van der Waals surface area contributed by atoms with E-state index in [1.54, 1.807) is 0 Å². The van der Waals surface area contributed by atoms with E-state index in [1.807, 2.05) is 6.92 Å². The highest BCUT2D eigenvalue weighted by atomic mass is 16.3. The number of hydrogen-bond donors (Lipinski definition) is 1. The lowest BCUT2D eigenvalue weighted by Crippen LogP contribution is -2.33. The average molecular weight is 171 g/mol. The lowest BCUT2D eigenvalue weighted by Gasteiger charge is -2.22. The van der Waals surface area contributed by atoms with E-state index in [2.05, 4.69) is 11.8 Å². The minimum Gasteiger partial charge on any atom is -0.392 e. The summed E-state index contributed by atoms with van der Waals surface area (Å²) in [5.41, 5.74) is 0. The largest absolute Gasteiger partial charge is 0.392 e. The lowest BCUT2D eigenvalue weighted by molar-refractivity contribution is 0.121. The third kappa shape index (κ3) is 3.55. The Morgan fingerprint density at radius 1 is 1.50 bits per heavy atom. The summed E-state index contributed by atoms with van der Waals surface area (Å²) in [6.07, 6.45) is 5.04. The minimum atomic E-state index is -0.164. The van der Waals surface area contributed by atoms with Crippen molar-refractivity contribution in [3.05, 3.63) is 0 Å². The number of aliphatic hydroxyl groups is 1. The molecule has 0 amide bonds. The Hall–Kier alpha value is -0.0800. The normalized spacial score (nSPS) is 20.0. The fraction of sp³-hybridized carbons (Fsp3) is 1.00. The Kier molecular flexibility index (Phi) is 4.02. The molecule has 1 atom stereocenters. The van der Waals surface area contributed by atoms with Crippen molar-refractivity contribution in [1.82, 2.24) is 4.90 Å². The zero-order chi connectivity index (χ0) is 8.97. The van der Waals surface area contributed by atoms with Crippen molar-refractivity contribution in [2.24, 2.45) is 0 Å². The fourth-order valence-electron chi connectivity index (χ4n) is 1.56. The van der Waals surface area contributed by atoms with Crippen molar-refractivity contribution in [3.63, 3.8) is 0 Å². The maximum absolute atomic E-state index is 9.26. The molecule has 2 nitrogen and oxygen atoms in total. The SMILES string of the molecule is CCCCN(C[C@H](C)O)C1CC1. The highest BCUT2D eigenvalue weighted by molar-refractivity contribution is 4.84. The fourth-order valence-corrected chi connectivity index (χ4v) is 1.56. The van der Waals surface area contributed by atoms with Crippen LogP contribution in [0.2, 0.25) is 0 Å². The van der Waals surface area contributed by atoms with Crippen LogP contribution in [0.4, 0.5) is 0 Å². The van der Waals surface area contributed by atoms with Crippen LogP contribution in [0.25, 0.3) is 0 Å². The summed E-state index contributed by atoms with van der Waals surface area (Å²) in [6, 6.07) is 0.797. The number of rotatable bonds is 6. The van der Waals surface area contributed by atoms with Crippen molar-refractivity contribution < 1.29 is 5.11 Å². The van der Waals surface area contributed by atoms with E-state index in [0.29, 0.717) is 0 Å². The van der Waals surface area contributed by atoms with Gasteiger partial charge >= 0.3 is 0 Å². The van der Waals surface area contributed by atoms with Gasteiger partial charge in [0.1, 0.15) is 0 Å². The molecule has 72 valence electrons. The van der Waals surface area contributed by atoms with Gasteiger partial charge in [0.05, 0.1) is 6.10 Å². The molecule has 0 aliphatic heterocycles. The van der Waals surface area contributed by atoms with Gasteiger partial charge < -0.3 is 5.11 Å². The summed E-state index contributed by atoms with van der Waals surface area (Å²) >= 11 is 0. The molecule has 1 N–H and O–H groups in total. The molecule has 2 heteroatoms. The van der Waals surface area contributed by atoms with Gasteiger partial charge in [0, 0.05) is 12.6 Å². The predicted octanol–water partition coefficient (Wildman–Crippen LogP) is 1.63. The lowest BCUT2D eigenvalue weighted by atomic mass is 10.3. The first-order chi connectivity index (χ1) is 5.74. The molecule has 0 aromatic heterocycles. The maximum Gasteiger partial charge on any atom is 0.0639 e. The summed E-state index contributed by atoms with van der Waals surface area (Å²) in [6.45, 7) is 6.13. The highest BCUT2D eigenvalue weighted by Crippen LogP contribution is 2.27. The molecule has 0 spiro atoms. The van der Waals surface area contributed by atoms with Crippen LogP contribution in [-0.2, 0) is 0 Å². The van der Waals surface area contributed by atoms with Crippen LogP contribution in [0.1, 0.15) is 39.5 Å². The predicted molar refractivity (Wildman–Crippen MR) is 51.2 cm³/mol. The van der Waals surface area contributed by atoms with Gasteiger partial charge in [0.25, 0.3) is 0 Å². The van der Waals surface area contributed by atoms with Gasteiger partial charge in [-0.15, -0.1) is 0 Å². The Morgan fingerprint density at radius 2 is 2.17 bits per heavy atom. The quantitative estimate of drug-likeness (QED) is 0.656. The minimum absolute atomic E-state index is 0.164. The topological polar surface area (TPSA) is 23.5 Å². The van der Waals surface area contributed by atoms with Gasteiger partial charge in [-0.25, -0.2) is 0 Å². The number of unbranched alkanes of at least 4 members (excludes halogenated alkanes) is 1. The Labute approximate surface area is 75.6 Å². The number of aliphatic hydroxyl groups excluding tert-OH is 1. The molecule has 0 aromatic rings. The van der Waals surface area contributed by atoms with Crippen LogP contribution in [0.15, 0.2) is 0 Å². The summed E-state index contributed by atoms with van der Waals surface area (Å²) < 4.78 is 0. The highest BCUT2D eigenvalue weighted by Gasteiger charge is 2.28. The van der Waals surface area contributed by atoms with Gasteiger partial charge in [-0.05, 0) is 32.7 Å². The summed E-state index contributed by atoms with van der Waals surface area (Å²) in [5.74, 6) is 0. The van der Waals surface area contributed by atoms with Crippen molar-refractivity contribution in [2.45, 2.75) is 51.7 Å². The monoisotopic (exact) mass is 171 g/mol. The molecule has 0 radical (unpaired) electrons. The molecule has 1 rings (SSSR count). The molecular formula is C10H21NO. The first kappa shape index (κ1) is 10.0. The van der Waals surface area contributed by atoms with Crippen LogP contribution in [-0.4, -0.2) is 35.2 Å². The van der Waals surface area contributed by atoms with E-state index in [1.165, 1.54) is 32.2 Å². The van der Waals surface area contributed by atoms with E-state index in [0.717, 1.165) is 12.6 Å². The summed E-state index contributed by atoms with van der Waals surface area (Å²) in [7, 11) is 0. The van der Waals surface area contributed by atoms with E-state index >= 15 is 0 Å². The van der Waals surface area contributed by atoms with Crippen molar-refractivity contribution in [3.8, 4) is 0 Å². The first-order valence-electron chi connectivity index (χ1n) is 5.16. The second kappa shape index (κ2) is 4.83. The average Bonchev–Trinajstić information content (AvgIpc) is 2.79. The van der Waals surface area contributed by atoms with Crippen LogP contribution in [0.3, 0.4) is 0 Å². The van der Waals surface area contributed by atoms with E-state index in [4.69, 9.17) is 0 Å². The molecule has 0 aromatic carbocycles. The second-order valence-electron chi connectivity index (χ2n) is 3.93. The third-order valence-electron chi connectivity index (χ3n) is 2.36. The molecule has 1 saturated carbocycles. The molecule has 12 heavy (non-hydrogen) atoms. The number of nitrogens with zero attached hydrogens (tertiary/aromatic N) is 1. The van der Waals surface area contributed by atoms with Gasteiger partial charge in [-0.3, -0.25) is 4.90 Å². The van der Waals surface area contributed by atoms with Crippen molar-refractivity contribution in [2.75, 3.05) is 13.1 Å². The summed E-state index contributed by atoms with van der Waals surface area (Å²) in [4.78, 5) is 2.44. The molecule has 0 unspecified atom stereocenters. The maximum atomic E-state index is 9.26. The first-order valence-corrected chi connectivity index (χ1v) is 5.16. The Morgan fingerprint density at radius 3 is 2.58 bits per heavy atom. The van der Waals surface area contributed by atoms with Crippen LogP contribution < -0.4 is 0 Å². The van der Waals surface area contributed by atoms with E-state index in [9.17, 15) is 5.11 Å². The molecule has 0 heterocycles. The third-order valence-corrected chi connectivity index (χ3v) is 2.36. The molecule has 0 bridgehead atoms. The molecular weight excluding hydrogens is 150 g/mol. The molecule has 0 saturated heterocycles. The van der Waals surface area contributed by atoms with Gasteiger partial charge in [-0.1, -0.05) is 13.3 Å². The van der Waals surface area contributed by atoms with Gasteiger partial charge in [0.15, 0.2) is 0 Å². The van der Waals surface area contributed by atoms with E-state index in [-0.39, 0.29) is 6.10 Å². The Balaban J connectivity index is 2.18. The molecule has 1 aliphatic rings. The van der Waals surface area contributed by atoms with E-state index < -0.39 is 0 Å². The number of hydrogen-bond acceptors (Lipinski definition) is 2. The molecule has 1 fully saturated rings.